The first-order chi connectivity index (χ1) is 9.85. The fourth-order valence-corrected chi connectivity index (χ4v) is 2.46. The molecule has 0 radical (unpaired) electrons. The van der Waals surface area contributed by atoms with Gasteiger partial charge in [-0.15, -0.1) is 0 Å². The zero-order valence-electron chi connectivity index (χ0n) is 12.9. The molecule has 0 aliphatic rings. The van der Waals surface area contributed by atoms with Crippen LogP contribution in [-0.2, 0) is 11.2 Å². The van der Waals surface area contributed by atoms with E-state index in [9.17, 15) is 14.7 Å². The number of carboxylic acid groups (broad SMARTS) is 1. The van der Waals surface area contributed by atoms with Crippen molar-refractivity contribution in [3.63, 3.8) is 0 Å². The van der Waals surface area contributed by atoms with E-state index in [-0.39, 0.29) is 0 Å². The Hall–Kier alpha value is -1.43. The van der Waals surface area contributed by atoms with Gasteiger partial charge in [-0.3, -0.25) is 4.79 Å². The van der Waals surface area contributed by atoms with Gasteiger partial charge in [-0.2, -0.15) is 11.8 Å². The van der Waals surface area contributed by atoms with Crippen molar-refractivity contribution in [2.75, 3.05) is 12.0 Å². The SMILES string of the molecule is CSCC[C@H](NC(=O)c1cc(CC(C)C)oc1C)C(=O)[O-]. The van der Waals surface area contributed by atoms with E-state index >= 15 is 0 Å². The second-order valence-corrected chi connectivity index (χ2v) is 6.39. The number of nitrogens with one attached hydrogen (secondary N) is 1. The van der Waals surface area contributed by atoms with Crippen molar-refractivity contribution in [2.24, 2.45) is 5.92 Å². The number of thioether (sulfide) groups is 1. The van der Waals surface area contributed by atoms with Gasteiger partial charge in [0.1, 0.15) is 11.5 Å². The minimum absolute atomic E-state index is 0.338. The van der Waals surface area contributed by atoms with Crippen LogP contribution >= 0.6 is 11.8 Å². The number of rotatable bonds is 8. The van der Waals surface area contributed by atoms with E-state index in [2.05, 4.69) is 19.2 Å². The number of furan rings is 1. The van der Waals surface area contributed by atoms with Gasteiger partial charge in [-0.25, -0.2) is 0 Å². The van der Waals surface area contributed by atoms with Crippen molar-refractivity contribution in [3.05, 3.63) is 23.2 Å². The Morgan fingerprint density at radius 3 is 2.62 bits per heavy atom. The van der Waals surface area contributed by atoms with Crippen LogP contribution in [0.1, 0.15) is 42.1 Å². The third kappa shape index (κ3) is 5.46. The molecule has 1 atom stereocenters. The van der Waals surface area contributed by atoms with Crippen molar-refractivity contribution >= 4 is 23.6 Å². The highest BCUT2D eigenvalue weighted by atomic mass is 32.2. The van der Waals surface area contributed by atoms with Gasteiger partial charge in [0.25, 0.3) is 5.91 Å². The van der Waals surface area contributed by atoms with Crippen molar-refractivity contribution in [2.45, 2.75) is 39.7 Å². The monoisotopic (exact) mass is 312 g/mol. The molecule has 1 heterocycles. The third-order valence-electron chi connectivity index (χ3n) is 3.02. The first kappa shape index (κ1) is 17.6. The Kier molecular flexibility index (Phi) is 6.81. The standard InChI is InChI=1S/C15H23NO4S/c1-9(2)7-11-8-12(10(3)20-11)14(17)16-13(15(18)19)5-6-21-4/h8-9,13H,5-7H2,1-4H3,(H,16,17)(H,18,19)/p-1/t13-/m0/s1. The van der Waals surface area contributed by atoms with Crippen molar-refractivity contribution < 1.29 is 19.1 Å². The Balaban J connectivity index is 2.77. The van der Waals surface area contributed by atoms with Gasteiger partial charge in [-0.05, 0) is 37.3 Å². The maximum absolute atomic E-state index is 12.2. The molecule has 0 aliphatic carbocycles. The number of amides is 1. The maximum atomic E-state index is 12.2. The smallest absolute Gasteiger partial charge is 0.255 e. The summed E-state index contributed by atoms with van der Waals surface area (Å²) in [6.07, 6.45) is 2.96. The number of aryl methyl sites for hydroxylation is 1. The Morgan fingerprint density at radius 2 is 2.10 bits per heavy atom. The van der Waals surface area contributed by atoms with E-state index < -0.39 is 17.9 Å². The lowest BCUT2D eigenvalue weighted by Gasteiger charge is -2.18. The van der Waals surface area contributed by atoms with Crippen LogP contribution < -0.4 is 10.4 Å². The summed E-state index contributed by atoms with van der Waals surface area (Å²) < 4.78 is 5.54. The summed E-state index contributed by atoms with van der Waals surface area (Å²) in [6, 6.07) is 0.707. The molecule has 5 nitrogen and oxygen atoms in total. The molecular weight excluding hydrogens is 290 g/mol. The van der Waals surface area contributed by atoms with Crippen LogP contribution in [0.4, 0.5) is 0 Å². The highest BCUT2D eigenvalue weighted by Gasteiger charge is 2.19. The van der Waals surface area contributed by atoms with Crippen LogP contribution in [0.5, 0.6) is 0 Å². The summed E-state index contributed by atoms with van der Waals surface area (Å²) in [4.78, 5) is 23.2. The molecule has 0 aliphatic heterocycles. The van der Waals surface area contributed by atoms with Gasteiger partial charge in [0.15, 0.2) is 0 Å². The number of hydrogen-bond donors (Lipinski definition) is 1. The van der Waals surface area contributed by atoms with E-state index in [0.29, 0.717) is 29.4 Å². The molecule has 118 valence electrons. The number of carboxylic acids is 1. The van der Waals surface area contributed by atoms with Crippen LogP contribution in [0.2, 0.25) is 0 Å². The molecular formula is C15H22NO4S-. The molecule has 0 spiro atoms. The number of hydrogen-bond acceptors (Lipinski definition) is 5. The van der Waals surface area contributed by atoms with Gasteiger partial charge in [0, 0.05) is 6.42 Å². The molecule has 21 heavy (non-hydrogen) atoms. The molecule has 0 bridgehead atoms. The predicted molar refractivity (Wildman–Crippen MR) is 81.2 cm³/mol. The number of carbonyl (C=O) groups excluding carboxylic acids is 2. The largest absolute Gasteiger partial charge is 0.548 e. The van der Waals surface area contributed by atoms with Crippen LogP contribution in [-0.4, -0.2) is 29.9 Å². The average molecular weight is 312 g/mol. The molecule has 1 aromatic heterocycles. The molecule has 6 heteroatoms. The van der Waals surface area contributed by atoms with Gasteiger partial charge in [-0.1, -0.05) is 13.8 Å². The van der Waals surface area contributed by atoms with E-state index in [1.54, 1.807) is 13.0 Å². The van der Waals surface area contributed by atoms with Crippen LogP contribution in [0.15, 0.2) is 10.5 Å². The van der Waals surface area contributed by atoms with E-state index in [1.807, 2.05) is 6.26 Å². The van der Waals surface area contributed by atoms with Crippen LogP contribution in [0.3, 0.4) is 0 Å². The Bertz CT molecular complexity index is 496. The highest BCUT2D eigenvalue weighted by Crippen LogP contribution is 2.18. The second-order valence-electron chi connectivity index (χ2n) is 5.41. The van der Waals surface area contributed by atoms with E-state index in [0.717, 1.165) is 12.2 Å². The number of carbonyl (C=O) groups is 2. The third-order valence-corrected chi connectivity index (χ3v) is 3.67. The lowest BCUT2D eigenvalue weighted by molar-refractivity contribution is -0.308. The molecule has 0 fully saturated rings. The lowest BCUT2D eigenvalue weighted by atomic mass is 10.1. The maximum Gasteiger partial charge on any atom is 0.255 e. The quantitative estimate of drug-likeness (QED) is 0.784. The summed E-state index contributed by atoms with van der Waals surface area (Å²) in [5, 5.41) is 13.5. The van der Waals surface area contributed by atoms with E-state index in [4.69, 9.17) is 4.42 Å². The molecule has 1 N–H and O–H groups in total. The summed E-state index contributed by atoms with van der Waals surface area (Å²) in [6.45, 7) is 5.83. The fraction of sp³-hybridized carbons (Fsp3) is 0.600. The fourth-order valence-electron chi connectivity index (χ4n) is 1.99. The van der Waals surface area contributed by atoms with Gasteiger partial charge in [0.2, 0.25) is 0 Å². The highest BCUT2D eigenvalue weighted by molar-refractivity contribution is 7.98. The Morgan fingerprint density at radius 1 is 1.43 bits per heavy atom. The first-order valence-corrected chi connectivity index (χ1v) is 8.34. The van der Waals surface area contributed by atoms with Gasteiger partial charge in [0.05, 0.1) is 17.6 Å². The van der Waals surface area contributed by atoms with E-state index in [1.165, 1.54) is 11.8 Å². The molecule has 0 unspecified atom stereocenters. The summed E-state index contributed by atoms with van der Waals surface area (Å²) in [5.74, 6) is 0.612. The van der Waals surface area contributed by atoms with Gasteiger partial charge >= 0.3 is 0 Å². The molecule has 1 rings (SSSR count). The summed E-state index contributed by atoms with van der Waals surface area (Å²) in [5.41, 5.74) is 0.390. The van der Waals surface area contributed by atoms with Gasteiger partial charge < -0.3 is 19.6 Å². The normalized spacial score (nSPS) is 12.4. The Labute approximate surface area is 129 Å². The molecule has 1 aromatic rings. The topological polar surface area (TPSA) is 82.4 Å². The van der Waals surface area contributed by atoms with Crippen LogP contribution in [0, 0.1) is 12.8 Å². The van der Waals surface area contributed by atoms with Crippen molar-refractivity contribution in [1.82, 2.24) is 5.32 Å². The average Bonchev–Trinajstić information content (AvgIpc) is 2.73. The molecule has 0 saturated heterocycles. The predicted octanol–water partition coefficient (Wildman–Crippen LogP) is 1.39. The van der Waals surface area contributed by atoms with Crippen molar-refractivity contribution in [1.29, 1.82) is 0 Å². The minimum Gasteiger partial charge on any atom is -0.548 e. The summed E-state index contributed by atoms with van der Waals surface area (Å²) in [7, 11) is 0. The molecule has 0 aromatic carbocycles. The number of aliphatic carboxylic acids is 1. The lowest BCUT2D eigenvalue weighted by Crippen LogP contribution is -2.48. The summed E-state index contributed by atoms with van der Waals surface area (Å²) >= 11 is 1.52. The first-order valence-electron chi connectivity index (χ1n) is 6.95. The molecule has 1 amide bonds. The zero-order valence-corrected chi connectivity index (χ0v) is 13.7. The molecule has 0 saturated carbocycles. The van der Waals surface area contributed by atoms with Crippen LogP contribution in [0.25, 0.3) is 0 Å². The minimum atomic E-state index is -1.26. The van der Waals surface area contributed by atoms with Crippen molar-refractivity contribution in [3.8, 4) is 0 Å². The second kappa shape index (κ2) is 8.12. The zero-order chi connectivity index (χ0) is 16.0.